The molecule has 0 radical (unpaired) electrons. The van der Waals surface area contributed by atoms with Gasteiger partial charge in [-0.2, -0.15) is 0 Å². The Morgan fingerprint density at radius 2 is 2.06 bits per heavy atom. The van der Waals surface area contributed by atoms with E-state index < -0.39 is 0 Å². The van der Waals surface area contributed by atoms with Crippen molar-refractivity contribution in [3.05, 3.63) is 52.4 Å². The first-order valence-electron chi connectivity index (χ1n) is 5.25. The molecule has 0 spiro atoms. The van der Waals surface area contributed by atoms with Gasteiger partial charge < -0.3 is 15.0 Å². The average molecular weight is 230 g/mol. The van der Waals surface area contributed by atoms with Gasteiger partial charge in [-0.3, -0.25) is 4.79 Å². The van der Waals surface area contributed by atoms with E-state index in [0.717, 1.165) is 17.1 Å². The van der Waals surface area contributed by atoms with Crippen LogP contribution in [0, 0.1) is 6.92 Å². The molecule has 0 amide bonds. The number of pyridine rings is 1. The van der Waals surface area contributed by atoms with E-state index in [2.05, 4.69) is 0 Å². The zero-order chi connectivity index (χ0) is 12.4. The number of nitrogens with zero attached hydrogens (tertiary/aromatic N) is 1. The van der Waals surface area contributed by atoms with Gasteiger partial charge in [0.15, 0.2) is 0 Å². The third kappa shape index (κ3) is 2.15. The van der Waals surface area contributed by atoms with Crippen LogP contribution in [0.4, 0.5) is 5.69 Å². The predicted octanol–water partition coefficient (Wildman–Crippen LogP) is 1.74. The topological polar surface area (TPSA) is 57.2 Å². The summed E-state index contributed by atoms with van der Waals surface area (Å²) >= 11 is 0. The fourth-order valence-electron chi connectivity index (χ4n) is 1.69. The van der Waals surface area contributed by atoms with Crippen molar-refractivity contribution < 1.29 is 4.74 Å². The monoisotopic (exact) mass is 230 g/mol. The lowest BCUT2D eigenvalue weighted by molar-refractivity contribution is 0.414. The molecule has 4 heteroatoms. The number of hydrogen-bond donors (Lipinski definition) is 1. The van der Waals surface area contributed by atoms with Crippen LogP contribution in [0.1, 0.15) is 5.69 Å². The lowest BCUT2D eigenvalue weighted by atomic mass is 10.2. The standard InChI is InChI=1S/C13H14N2O2/c1-9-6-13(16)12(14)8-15(9)10-4-3-5-11(7-10)17-2/h3-8H,14H2,1-2H3. The third-order valence-corrected chi connectivity index (χ3v) is 2.60. The highest BCUT2D eigenvalue weighted by Crippen LogP contribution is 2.17. The minimum atomic E-state index is -0.151. The number of anilines is 1. The molecular weight excluding hydrogens is 216 g/mol. The number of ether oxygens (including phenoxy) is 1. The predicted molar refractivity (Wildman–Crippen MR) is 67.7 cm³/mol. The zero-order valence-electron chi connectivity index (χ0n) is 9.81. The molecule has 2 aromatic rings. The van der Waals surface area contributed by atoms with Gasteiger partial charge in [-0.25, -0.2) is 0 Å². The average Bonchev–Trinajstić information content (AvgIpc) is 2.34. The molecule has 0 fully saturated rings. The Hall–Kier alpha value is -2.23. The quantitative estimate of drug-likeness (QED) is 0.854. The molecule has 88 valence electrons. The molecule has 0 saturated carbocycles. The summed E-state index contributed by atoms with van der Waals surface area (Å²) < 4.78 is 7.02. The molecule has 1 aromatic carbocycles. The van der Waals surface area contributed by atoms with Gasteiger partial charge in [-0.05, 0) is 19.1 Å². The van der Waals surface area contributed by atoms with Crippen LogP contribution in [0.3, 0.4) is 0 Å². The summed E-state index contributed by atoms with van der Waals surface area (Å²) in [6.45, 7) is 1.86. The number of aromatic nitrogens is 1. The van der Waals surface area contributed by atoms with Crippen molar-refractivity contribution >= 4 is 5.69 Å². The Bertz CT molecular complexity index is 603. The molecular formula is C13H14N2O2. The highest BCUT2D eigenvalue weighted by Gasteiger charge is 2.03. The summed E-state index contributed by atoms with van der Waals surface area (Å²) in [7, 11) is 1.62. The van der Waals surface area contributed by atoms with Crippen LogP contribution < -0.4 is 15.9 Å². The minimum absolute atomic E-state index is 0.151. The molecule has 0 bridgehead atoms. The largest absolute Gasteiger partial charge is 0.497 e. The van der Waals surface area contributed by atoms with Crippen LogP contribution in [-0.2, 0) is 0 Å². The lowest BCUT2D eigenvalue weighted by Gasteiger charge is -2.12. The Morgan fingerprint density at radius 1 is 1.29 bits per heavy atom. The van der Waals surface area contributed by atoms with E-state index in [1.807, 2.05) is 35.8 Å². The molecule has 0 aliphatic heterocycles. The van der Waals surface area contributed by atoms with Crippen molar-refractivity contribution in [2.75, 3.05) is 12.8 Å². The van der Waals surface area contributed by atoms with Crippen LogP contribution in [0.2, 0.25) is 0 Å². The summed E-state index contributed by atoms with van der Waals surface area (Å²) in [5.74, 6) is 0.763. The van der Waals surface area contributed by atoms with Gasteiger partial charge in [0.25, 0.3) is 0 Å². The highest BCUT2D eigenvalue weighted by molar-refractivity contribution is 5.45. The van der Waals surface area contributed by atoms with E-state index >= 15 is 0 Å². The normalized spacial score (nSPS) is 10.2. The Balaban J connectivity index is 2.59. The molecule has 2 N–H and O–H groups in total. The summed E-state index contributed by atoms with van der Waals surface area (Å²) in [4.78, 5) is 11.4. The maximum Gasteiger partial charge on any atom is 0.204 e. The number of nitrogen functional groups attached to an aromatic ring is 1. The van der Waals surface area contributed by atoms with Crippen LogP contribution in [0.25, 0.3) is 5.69 Å². The maximum absolute atomic E-state index is 11.4. The zero-order valence-corrected chi connectivity index (χ0v) is 9.81. The van der Waals surface area contributed by atoms with Gasteiger partial charge in [0.05, 0.1) is 12.8 Å². The first kappa shape index (κ1) is 11.3. The molecule has 17 heavy (non-hydrogen) atoms. The first-order chi connectivity index (χ1) is 8.11. The van der Waals surface area contributed by atoms with E-state index in [9.17, 15) is 4.79 Å². The summed E-state index contributed by atoms with van der Waals surface area (Å²) in [6, 6.07) is 9.10. The smallest absolute Gasteiger partial charge is 0.204 e. The van der Waals surface area contributed by atoms with E-state index in [1.54, 1.807) is 13.3 Å². The summed E-state index contributed by atoms with van der Waals surface area (Å²) in [5, 5.41) is 0. The SMILES string of the molecule is COc1cccc(-n2cc(N)c(=O)cc2C)c1. The molecule has 4 nitrogen and oxygen atoms in total. The molecule has 0 atom stereocenters. The molecule has 2 rings (SSSR count). The van der Waals surface area contributed by atoms with E-state index in [4.69, 9.17) is 10.5 Å². The highest BCUT2D eigenvalue weighted by atomic mass is 16.5. The second-order valence-electron chi connectivity index (χ2n) is 3.81. The van der Waals surface area contributed by atoms with Crippen molar-refractivity contribution in [3.8, 4) is 11.4 Å². The van der Waals surface area contributed by atoms with E-state index in [-0.39, 0.29) is 11.1 Å². The minimum Gasteiger partial charge on any atom is -0.497 e. The number of methoxy groups -OCH3 is 1. The molecule has 0 unspecified atom stereocenters. The van der Waals surface area contributed by atoms with Crippen LogP contribution in [-0.4, -0.2) is 11.7 Å². The van der Waals surface area contributed by atoms with Crippen LogP contribution in [0.15, 0.2) is 41.3 Å². The van der Waals surface area contributed by atoms with Crippen molar-refractivity contribution in [2.45, 2.75) is 6.92 Å². The molecule has 0 aliphatic rings. The number of hydrogen-bond acceptors (Lipinski definition) is 3. The van der Waals surface area contributed by atoms with E-state index in [1.165, 1.54) is 6.07 Å². The Kier molecular flexibility index (Phi) is 2.87. The number of rotatable bonds is 2. The van der Waals surface area contributed by atoms with Gasteiger partial charge in [0.2, 0.25) is 5.43 Å². The number of aryl methyl sites for hydroxylation is 1. The van der Waals surface area contributed by atoms with Crippen molar-refractivity contribution in [3.63, 3.8) is 0 Å². The third-order valence-electron chi connectivity index (χ3n) is 2.60. The first-order valence-corrected chi connectivity index (χ1v) is 5.25. The van der Waals surface area contributed by atoms with Crippen molar-refractivity contribution in [2.24, 2.45) is 0 Å². The Morgan fingerprint density at radius 3 is 2.76 bits per heavy atom. The van der Waals surface area contributed by atoms with Crippen molar-refractivity contribution in [1.29, 1.82) is 0 Å². The lowest BCUT2D eigenvalue weighted by Crippen LogP contribution is -2.13. The van der Waals surface area contributed by atoms with Gasteiger partial charge in [-0.1, -0.05) is 6.07 Å². The van der Waals surface area contributed by atoms with Gasteiger partial charge in [0.1, 0.15) is 5.75 Å². The maximum atomic E-state index is 11.4. The van der Waals surface area contributed by atoms with Crippen LogP contribution >= 0.6 is 0 Å². The molecule has 0 saturated heterocycles. The second kappa shape index (κ2) is 4.33. The fourth-order valence-corrected chi connectivity index (χ4v) is 1.69. The second-order valence-corrected chi connectivity index (χ2v) is 3.81. The van der Waals surface area contributed by atoms with Crippen LogP contribution in [0.5, 0.6) is 5.75 Å². The van der Waals surface area contributed by atoms with E-state index in [0.29, 0.717) is 0 Å². The summed E-state index contributed by atoms with van der Waals surface area (Å²) in [5.41, 5.74) is 7.46. The molecule has 1 heterocycles. The Labute approximate surface area is 99.3 Å². The molecule has 0 aliphatic carbocycles. The number of benzene rings is 1. The number of nitrogens with two attached hydrogens (primary N) is 1. The summed E-state index contributed by atoms with van der Waals surface area (Å²) in [6.07, 6.45) is 1.63. The van der Waals surface area contributed by atoms with Gasteiger partial charge >= 0.3 is 0 Å². The van der Waals surface area contributed by atoms with Crippen molar-refractivity contribution in [1.82, 2.24) is 4.57 Å². The van der Waals surface area contributed by atoms with Gasteiger partial charge in [-0.15, -0.1) is 0 Å². The molecule has 1 aromatic heterocycles. The van der Waals surface area contributed by atoms with Gasteiger partial charge in [0, 0.05) is 29.7 Å². The fraction of sp³-hybridized carbons (Fsp3) is 0.154.